The molecule has 1 aliphatic heterocycles. The number of amides is 2. The maximum atomic E-state index is 12.6. The van der Waals surface area contributed by atoms with E-state index in [1.165, 1.54) is 11.9 Å². The molecule has 2 heterocycles. The molecule has 166 valence electrons. The zero-order valence-corrected chi connectivity index (χ0v) is 19.9. The Morgan fingerprint density at radius 3 is 2.48 bits per heavy atom. The van der Waals surface area contributed by atoms with Crippen molar-refractivity contribution in [3.05, 3.63) is 36.2 Å². The minimum Gasteiger partial charge on any atom is -0.399 e. The quantitative estimate of drug-likeness (QED) is 0.510. The summed E-state index contributed by atoms with van der Waals surface area (Å²) in [6, 6.07) is 6.13. The van der Waals surface area contributed by atoms with Crippen LogP contribution in [0.15, 0.2) is 35.5 Å². The summed E-state index contributed by atoms with van der Waals surface area (Å²) in [6.45, 7) is 12.3. The van der Waals surface area contributed by atoms with Gasteiger partial charge in [-0.15, -0.1) is 0 Å². The minimum atomic E-state index is -0.460. The van der Waals surface area contributed by atoms with Crippen LogP contribution in [0.2, 0.25) is 0 Å². The Kier molecular flexibility index (Phi) is 5.87. The molecule has 1 saturated heterocycles. The van der Waals surface area contributed by atoms with Crippen LogP contribution in [-0.4, -0.2) is 34.1 Å². The molecule has 31 heavy (non-hydrogen) atoms. The average molecular weight is 442 g/mol. The number of carbonyl (C=O) groups is 1. The summed E-state index contributed by atoms with van der Waals surface area (Å²) < 4.78 is 17.1. The third kappa shape index (κ3) is 4.78. The molecule has 0 atom stereocenters. The number of benzene rings is 1. The van der Waals surface area contributed by atoms with Crippen LogP contribution in [0, 0.1) is 0 Å². The molecule has 0 unspecified atom stereocenters. The molecule has 0 spiro atoms. The van der Waals surface area contributed by atoms with Gasteiger partial charge in [-0.2, -0.15) is 5.10 Å². The minimum absolute atomic E-state index is 0.268. The summed E-state index contributed by atoms with van der Waals surface area (Å²) in [7, 11) is -0.460. The molecule has 0 bridgehead atoms. The van der Waals surface area contributed by atoms with Crippen LogP contribution in [0.1, 0.15) is 71.9 Å². The van der Waals surface area contributed by atoms with Gasteiger partial charge in [0, 0.05) is 17.9 Å². The Balaban J connectivity index is 1.46. The zero-order valence-electron chi connectivity index (χ0n) is 19.1. The first-order valence-corrected chi connectivity index (χ1v) is 11.6. The molecular weight excluding hydrogens is 411 g/mol. The van der Waals surface area contributed by atoms with Crippen molar-refractivity contribution in [3.63, 3.8) is 0 Å². The van der Waals surface area contributed by atoms with Gasteiger partial charge in [-0.25, -0.2) is 4.79 Å². The standard InChI is InChI=1S/C22H31BN4O3S/c1-14(2)27-13-17(12-24-27)31-26-20(28)25-19-11-16(9-10-18(19)15-7-8-15)23-29-21(3,4)22(5,6)30-23/h9-15H,7-8H2,1-6H3,(H2,25,26,28). The van der Waals surface area contributed by atoms with Gasteiger partial charge < -0.3 is 14.6 Å². The summed E-state index contributed by atoms with van der Waals surface area (Å²) in [6.07, 6.45) is 5.97. The highest BCUT2D eigenvalue weighted by Crippen LogP contribution is 2.43. The fourth-order valence-corrected chi connectivity index (χ4v) is 3.99. The van der Waals surface area contributed by atoms with Gasteiger partial charge in [0.25, 0.3) is 0 Å². The molecule has 2 amide bonds. The smallest absolute Gasteiger partial charge is 0.399 e. The molecular formula is C22H31BN4O3S. The second-order valence-corrected chi connectivity index (χ2v) is 10.5. The van der Waals surface area contributed by atoms with Crippen LogP contribution in [0.25, 0.3) is 0 Å². The van der Waals surface area contributed by atoms with E-state index < -0.39 is 18.3 Å². The van der Waals surface area contributed by atoms with E-state index in [4.69, 9.17) is 9.31 Å². The largest absolute Gasteiger partial charge is 0.494 e. The first-order chi connectivity index (χ1) is 14.6. The van der Waals surface area contributed by atoms with Gasteiger partial charge in [-0.3, -0.25) is 9.40 Å². The van der Waals surface area contributed by atoms with E-state index in [1.54, 1.807) is 6.20 Å². The lowest BCUT2D eigenvalue weighted by molar-refractivity contribution is 0.00578. The van der Waals surface area contributed by atoms with Crippen molar-refractivity contribution in [1.29, 1.82) is 0 Å². The number of anilines is 1. The SMILES string of the molecule is CC(C)n1cc(SNC(=O)Nc2cc(B3OC(C)(C)C(C)(C)O3)ccc2C2CC2)cn1. The maximum absolute atomic E-state index is 12.6. The van der Waals surface area contributed by atoms with E-state index in [2.05, 4.69) is 35.1 Å². The summed E-state index contributed by atoms with van der Waals surface area (Å²) in [5.41, 5.74) is 2.06. The van der Waals surface area contributed by atoms with Gasteiger partial charge >= 0.3 is 13.1 Å². The maximum Gasteiger partial charge on any atom is 0.494 e. The molecule has 1 aliphatic carbocycles. The summed E-state index contributed by atoms with van der Waals surface area (Å²) in [5, 5.41) is 7.33. The van der Waals surface area contributed by atoms with Gasteiger partial charge in [-0.1, -0.05) is 12.1 Å². The normalized spacial score (nSPS) is 19.6. The predicted molar refractivity (Wildman–Crippen MR) is 125 cm³/mol. The van der Waals surface area contributed by atoms with Crippen LogP contribution < -0.4 is 15.5 Å². The number of nitrogens with zero attached hydrogens (tertiary/aromatic N) is 2. The van der Waals surface area contributed by atoms with E-state index in [1.807, 2.05) is 50.7 Å². The lowest BCUT2D eigenvalue weighted by Gasteiger charge is -2.32. The monoisotopic (exact) mass is 442 g/mol. The fraction of sp³-hybridized carbons (Fsp3) is 0.545. The van der Waals surface area contributed by atoms with E-state index in [0.29, 0.717) is 5.92 Å². The number of hydrogen-bond acceptors (Lipinski definition) is 5. The second kappa shape index (κ2) is 8.18. The number of hydrogen-bond donors (Lipinski definition) is 2. The van der Waals surface area contributed by atoms with Crippen molar-refractivity contribution in [2.24, 2.45) is 0 Å². The third-order valence-electron chi connectivity index (χ3n) is 6.24. The lowest BCUT2D eigenvalue weighted by atomic mass is 9.78. The number of rotatable bonds is 6. The van der Waals surface area contributed by atoms with Crippen LogP contribution in [-0.2, 0) is 9.31 Å². The van der Waals surface area contributed by atoms with E-state index >= 15 is 0 Å². The Bertz CT molecular complexity index is 955. The van der Waals surface area contributed by atoms with Crippen molar-refractivity contribution in [3.8, 4) is 0 Å². The van der Waals surface area contributed by atoms with Gasteiger partial charge in [0.15, 0.2) is 0 Å². The van der Waals surface area contributed by atoms with Crippen molar-refractivity contribution in [2.75, 3.05) is 5.32 Å². The van der Waals surface area contributed by atoms with Gasteiger partial charge in [0.2, 0.25) is 0 Å². The second-order valence-electron chi connectivity index (χ2n) is 9.62. The number of aromatic nitrogens is 2. The van der Waals surface area contributed by atoms with Crippen LogP contribution in [0.4, 0.5) is 10.5 Å². The Labute approximate surface area is 188 Å². The molecule has 9 heteroatoms. The highest BCUT2D eigenvalue weighted by molar-refractivity contribution is 7.98. The van der Waals surface area contributed by atoms with E-state index in [9.17, 15) is 4.79 Å². The Hall–Kier alpha value is -1.97. The summed E-state index contributed by atoms with van der Waals surface area (Å²) in [4.78, 5) is 13.5. The topological polar surface area (TPSA) is 77.4 Å². The first-order valence-electron chi connectivity index (χ1n) is 10.8. The molecule has 1 aromatic heterocycles. The molecule has 2 fully saturated rings. The predicted octanol–water partition coefficient (Wildman–Crippen LogP) is 4.47. The van der Waals surface area contributed by atoms with Crippen LogP contribution >= 0.6 is 11.9 Å². The van der Waals surface area contributed by atoms with Gasteiger partial charge in [0.1, 0.15) is 0 Å². The fourth-order valence-electron chi connectivity index (χ4n) is 3.47. The summed E-state index contributed by atoms with van der Waals surface area (Å²) in [5.74, 6) is 0.500. The number of nitrogens with one attached hydrogen (secondary N) is 2. The average Bonchev–Trinajstić information content (AvgIpc) is 3.36. The van der Waals surface area contributed by atoms with Crippen LogP contribution in [0.3, 0.4) is 0 Å². The number of urea groups is 1. The molecule has 2 aliphatic rings. The highest BCUT2D eigenvalue weighted by atomic mass is 32.2. The molecule has 1 aromatic carbocycles. The molecule has 2 N–H and O–H groups in total. The van der Waals surface area contributed by atoms with Crippen LogP contribution in [0.5, 0.6) is 0 Å². The third-order valence-corrected chi connectivity index (χ3v) is 6.97. The van der Waals surface area contributed by atoms with E-state index in [0.717, 1.165) is 34.5 Å². The van der Waals surface area contributed by atoms with Crippen molar-refractivity contribution < 1.29 is 14.1 Å². The first kappa shape index (κ1) is 22.2. The van der Waals surface area contributed by atoms with Crippen molar-refractivity contribution in [2.45, 2.75) is 82.4 Å². The number of carbonyl (C=O) groups excluding carboxylic acids is 1. The Morgan fingerprint density at radius 1 is 1.23 bits per heavy atom. The molecule has 2 aromatic rings. The molecule has 0 radical (unpaired) electrons. The summed E-state index contributed by atoms with van der Waals surface area (Å²) >= 11 is 1.25. The van der Waals surface area contributed by atoms with E-state index in [-0.39, 0.29) is 12.1 Å². The van der Waals surface area contributed by atoms with Gasteiger partial charge in [0.05, 0.1) is 22.3 Å². The zero-order chi connectivity index (χ0) is 22.4. The van der Waals surface area contributed by atoms with Gasteiger partial charge in [-0.05, 0) is 89.3 Å². The highest BCUT2D eigenvalue weighted by Gasteiger charge is 2.51. The lowest BCUT2D eigenvalue weighted by Crippen LogP contribution is -2.41. The van der Waals surface area contributed by atoms with Crippen molar-refractivity contribution in [1.82, 2.24) is 14.5 Å². The molecule has 4 rings (SSSR count). The molecule has 1 saturated carbocycles. The molecule has 7 nitrogen and oxygen atoms in total. The Morgan fingerprint density at radius 2 is 1.90 bits per heavy atom. The van der Waals surface area contributed by atoms with Crippen molar-refractivity contribution >= 4 is 36.2 Å².